The Morgan fingerprint density at radius 1 is 1.37 bits per heavy atom. The van der Waals surface area contributed by atoms with Crippen LogP contribution in [-0.2, 0) is 10.0 Å². The van der Waals surface area contributed by atoms with Gasteiger partial charge in [-0.1, -0.05) is 0 Å². The summed E-state index contributed by atoms with van der Waals surface area (Å²) in [5.74, 6) is -1.92. The zero-order valence-electron chi connectivity index (χ0n) is 9.83. The number of hydrogen-bond donors (Lipinski definition) is 4. The Balaban J connectivity index is 2.36. The predicted molar refractivity (Wildman–Crippen MR) is 64.4 cm³/mol. The lowest BCUT2D eigenvalue weighted by Crippen LogP contribution is -2.39. The average Bonchev–Trinajstić information content (AvgIpc) is 3.08. The van der Waals surface area contributed by atoms with Crippen molar-refractivity contribution in [3.8, 4) is 5.75 Å². The van der Waals surface area contributed by atoms with Crippen LogP contribution in [0.1, 0.15) is 23.2 Å². The molecule has 19 heavy (non-hydrogen) atoms. The number of carbonyl (C=O) groups is 1. The standard InChI is InChI=1S/C11H13NO6S/c13-6-11(3-4-11)12-19(17,18)7-1-2-9(14)8(5-7)10(15)16/h1-2,5,12-14H,3-4,6H2,(H,15,16). The number of rotatable bonds is 5. The summed E-state index contributed by atoms with van der Waals surface area (Å²) in [7, 11) is -3.92. The Morgan fingerprint density at radius 2 is 2.00 bits per heavy atom. The summed E-state index contributed by atoms with van der Waals surface area (Å²) in [5, 5.41) is 27.3. The minimum atomic E-state index is -3.92. The molecule has 2 rings (SSSR count). The lowest BCUT2D eigenvalue weighted by Gasteiger charge is -2.15. The first-order valence-corrected chi connectivity index (χ1v) is 6.99. The summed E-state index contributed by atoms with van der Waals surface area (Å²) in [4.78, 5) is 10.6. The van der Waals surface area contributed by atoms with Gasteiger partial charge in [-0.15, -0.1) is 0 Å². The van der Waals surface area contributed by atoms with Crippen molar-refractivity contribution in [2.24, 2.45) is 0 Å². The fourth-order valence-electron chi connectivity index (χ4n) is 1.64. The molecular formula is C11H13NO6S. The van der Waals surface area contributed by atoms with Gasteiger partial charge in [0, 0.05) is 0 Å². The van der Waals surface area contributed by atoms with Crippen molar-refractivity contribution in [3.63, 3.8) is 0 Å². The van der Waals surface area contributed by atoms with Gasteiger partial charge < -0.3 is 15.3 Å². The maximum atomic E-state index is 12.0. The fourth-order valence-corrected chi connectivity index (χ4v) is 3.12. The number of carboxylic acid groups (broad SMARTS) is 1. The second kappa shape index (κ2) is 4.48. The summed E-state index contributed by atoms with van der Waals surface area (Å²) < 4.78 is 26.4. The number of sulfonamides is 1. The molecule has 0 aliphatic heterocycles. The van der Waals surface area contributed by atoms with Gasteiger partial charge in [-0.05, 0) is 31.0 Å². The maximum Gasteiger partial charge on any atom is 0.339 e. The molecule has 0 aromatic heterocycles. The van der Waals surface area contributed by atoms with Gasteiger partial charge in [-0.3, -0.25) is 0 Å². The van der Waals surface area contributed by atoms with Gasteiger partial charge in [0.1, 0.15) is 11.3 Å². The van der Waals surface area contributed by atoms with Gasteiger partial charge in [-0.25, -0.2) is 17.9 Å². The van der Waals surface area contributed by atoms with E-state index in [0.29, 0.717) is 12.8 Å². The maximum absolute atomic E-state index is 12.0. The molecule has 1 aromatic rings. The fraction of sp³-hybridized carbons (Fsp3) is 0.364. The Labute approximate surface area is 109 Å². The van der Waals surface area contributed by atoms with Crippen LogP contribution in [0.3, 0.4) is 0 Å². The van der Waals surface area contributed by atoms with Crippen LogP contribution < -0.4 is 4.72 Å². The monoisotopic (exact) mass is 287 g/mol. The first-order chi connectivity index (χ1) is 8.80. The minimum absolute atomic E-state index is 0.262. The van der Waals surface area contributed by atoms with Crippen LogP contribution in [0.2, 0.25) is 0 Å². The molecular weight excluding hydrogens is 274 g/mol. The number of carboxylic acids is 1. The largest absolute Gasteiger partial charge is 0.507 e. The number of phenols is 1. The van der Waals surface area contributed by atoms with E-state index in [1.165, 1.54) is 0 Å². The molecule has 0 amide bonds. The summed E-state index contributed by atoms with van der Waals surface area (Å²) in [6, 6.07) is 3.00. The molecule has 104 valence electrons. The van der Waals surface area contributed by atoms with Crippen LogP contribution in [0.4, 0.5) is 0 Å². The van der Waals surface area contributed by atoms with Crippen molar-refractivity contribution < 1.29 is 28.5 Å². The van der Waals surface area contributed by atoms with Gasteiger partial charge in [-0.2, -0.15) is 0 Å². The molecule has 0 unspecified atom stereocenters. The van der Waals surface area contributed by atoms with Crippen molar-refractivity contribution in [2.45, 2.75) is 23.3 Å². The van der Waals surface area contributed by atoms with E-state index in [-0.39, 0.29) is 11.5 Å². The van der Waals surface area contributed by atoms with E-state index in [1.54, 1.807) is 0 Å². The van der Waals surface area contributed by atoms with Gasteiger partial charge in [0.15, 0.2) is 0 Å². The Morgan fingerprint density at radius 3 is 2.47 bits per heavy atom. The van der Waals surface area contributed by atoms with Crippen molar-refractivity contribution >= 4 is 16.0 Å². The van der Waals surface area contributed by atoms with Gasteiger partial charge >= 0.3 is 5.97 Å². The van der Waals surface area contributed by atoms with Crippen molar-refractivity contribution in [3.05, 3.63) is 23.8 Å². The summed E-state index contributed by atoms with van der Waals surface area (Å²) >= 11 is 0. The Kier molecular flexibility index (Phi) is 3.25. The van der Waals surface area contributed by atoms with Crippen molar-refractivity contribution in [2.75, 3.05) is 6.61 Å². The summed E-state index contributed by atoms with van der Waals surface area (Å²) in [6.45, 7) is -0.309. The SMILES string of the molecule is O=C(O)c1cc(S(=O)(=O)NC2(CO)CC2)ccc1O. The molecule has 1 aliphatic carbocycles. The van der Waals surface area contributed by atoms with Crippen LogP contribution in [-0.4, -0.2) is 41.9 Å². The molecule has 1 aliphatic rings. The second-order valence-electron chi connectivity index (χ2n) is 4.53. The minimum Gasteiger partial charge on any atom is -0.507 e. The third kappa shape index (κ3) is 2.70. The van der Waals surface area contributed by atoms with E-state index in [2.05, 4.69) is 4.72 Å². The number of nitrogens with one attached hydrogen (secondary N) is 1. The van der Waals surface area contributed by atoms with E-state index in [4.69, 9.17) is 10.2 Å². The van der Waals surface area contributed by atoms with Gasteiger partial charge in [0.25, 0.3) is 0 Å². The quantitative estimate of drug-likeness (QED) is 0.599. The number of aromatic carboxylic acids is 1. The van der Waals surface area contributed by atoms with Crippen LogP contribution in [0.25, 0.3) is 0 Å². The highest BCUT2D eigenvalue weighted by atomic mass is 32.2. The predicted octanol–water partition coefficient (Wildman–Crippen LogP) is -0.106. The zero-order chi connectivity index (χ0) is 14.3. The molecule has 1 saturated carbocycles. The molecule has 1 fully saturated rings. The van der Waals surface area contributed by atoms with Crippen LogP contribution in [0, 0.1) is 0 Å². The molecule has 8 heteroatoms. The first-order valence-electron chi connectivity index (χ1n) is 5.51. The number of aliphatic hydroxyl groups is 1. The zero-order valence-corrected chi connectivity index (χ0v) is 10.6. The van der Waals surface area contributed by atoms with E-state index in [1.807, 2.05) is 0 Å². The summed E-state index contributed by atoms with van der Waals surface area (Å²) in [6.07, 6.45) is 1.07. The Bertz CT molecular complexity index is 620. The van der Waals surface area contributed by atoms with Crippen molar-refractivity contribution in [1.82, 2.24) is 4.72 Å². The highest BCUT2D eigenvalue weighted by Gasteiger charge is 2.45. The average molecular weight is 287 g/mol. The second-order valence-corrected chi connectivity index (χ2v) is 6.21. The molecule has 4 N–H and O–H groups in total. The highest BCUT2D eigenvalue weighted by molar-refractivity contribution is 7.89. The topological polar surface area (TPSA) is 124 Å². The Hall–Kier alpha value is -1.64. The van der Waals surface area contributed by atoms with E-state index >= 15 is 0 Å². The normalized spacial score (nSPS) is 17.1. The smallest absolute Gasteiger partial charge is 0.339 e. The molecule has 1 aromatic carbocycles. The number of benzene rings is 1. The number of aliphatic hydroxyl groups excluding tert-OH is 1. The third-order valence-corrected chi connectivity index (χ3v) is 4.59. The molecule has 7 nitrogen and oxygen atoms in total. The molecule has 0 saturated heterocycles. The highest BCUT2D eigenvalue weighted by Crippen LogP contribution is 2.36. The van der Waals surface area contributed by atoms with E-state index in [9.17, 15) is 18.3 Å². The number of aromatic hydroxyl groups is 1. The third-order valence-electron chi connectivity index (χ3n) is 3.02. The molecule has 0 atom stereocenters. The molecule has 0 heterocycles. The van der Waals surface area contributed by atoms with E-state index in [0.717, 1.165) is 18.2 Å². The summed E-state index contributed by atoms with van der Waals surface area (Å²) in [5.41, 5.74) is -1.32. The number of hydrogen-bond acceptors (Lipinski definition) is 5. The first kappa shape index (κ1) is 13.8. The molecule has 0 bridgehead atoms. The molecule has 0 radical (unpaired) electrons. The molecule has 0 spiro atoms. The lowest BCUT2D eigenvalue weighted by atomic mass is 10.2. The van der Waals surface area contributed by atoms with Crippen LogP contribution in [0.15, 0.2) is 23.1 Å². The van der Waals surface area contributed by atoms with Gasteiger partial charge in [0.05, 0.1) is 17.0 Å². The van der Waals surface area contributed by atoms with Crippen LogP contribution in [0.5, 0.6) is 5.75 Å². The lowest BCUT2D eigenvalue weighted by molar-refractivity contribution is 0.0693. The van der Waals surface area contributed by atoms with Crippen molar-refractivity contribution in [1.29, 1.82) is 0 Å². The van der Waals surface area contributed by atoms with Gasteiger partial charge in [0.2, 0.25) is 10.0 Å². The van der Waals surface area contributed by atoms with Crippen LogP contribution >= 0.6 is 0 Å². The van der Waals surface area contributed by atoms with E-state index < -0.39 is 32.8 Å².